The second-order valence-corrected chi connectivity index (χ2v) is 4.75. The van der Waals surface area contributed by atoms with Gasteiger partial charge in [0.05, 0.1) is 6.54 Å². The van der Waals surface area contributed by atoms with Gasteiger partial charge in [0.1, 0.15) is 0 Å². The highest BCUT2D eigenvalue weighted by atomic mass is 16.2. The van der Waals surface area contributed by atoms with Crippen LogP contribution in [-0.4, -0.2) is 12.5 Å². The first-order valence-corrected chi connectivity index (χ1v) is 6.46. The van der Waals surface area contributed by atoms with Crippen LogP contribution in [0.25, 0.3) is 0 Å². The lowest BCUT2D eigenvalue weighted by Crippen LogP contribution is -2.33. The SMILES string of the molecule is O=C1CN(Cc2ccccc2)c2ccccc2CN1. The molecule has 0 unspecified atom stereocenters. The Labute approximate surface area is 112 Å². The van der Waals surface area contributed by atoms with E-state index in [2.05, 4.69) is 34.5 Å². The van der Waals surface area contributed by atoms with Crippen LogP contribution >= 0.6 is 0 Å². The fraction of sp³-hybridized carbons (Fsp3) is 0.188. The van der Waals surface area contributed by atoms with Gasteiger partial charge in [0, 0.05) is 18.8 Å². The van der Waals surface area contributed by atoms with Crippen LogP contribution in [0.15, 0.2) is 54.6 Å². The van der Waals surface area contributed by atoms with Gasteiger partial charge in [0.2, 0.25) is 5.91 Å². The van der Waals surface area contributed by atoms with Gasteiger partial charge in [-0.15, -0.1) is 0 Å². The van der Waals surface area contributed by atoms with Crippen molar-refractivity contribution in [1.82, 2.24) is 5.32 Å². The molecule has 1 amide bonds. The van der Waals surface area contributed by atoms with E-state index in [1.165, 1.54) is 11.1 Å². The van der Waals surface area contributed by atoms with Crippen molar-refractivity contribution in [2.24, 2.45) is 0 Å². The van der Waals surface area contributed by atoms with E-state index in [1.54, 1.807) is 0 Å². The van der Waals surface area contributed by atoms with Crippen LogP contribution in [0, 0.1) is 0 Å². The zero-order valence-electron chi connectivity index (χ0n) is 10.7. The highest BCUT2D eigenvalue weighted by molar-refractivity contribution is 5.83. The van der Waals surface area contributed by atoms with Gasteiger partial charge in [0.25, 0.3) is 0 Å². The van der Waals surface area contributed by atoms with Crippen LogP contribution in [0.1, 0.15) is 11.1 Å². The topological polar surface area (TPSA) is 32.3 Å². The number of carbonyl (C=O) groups excluding carboxylic acids is 1. The van der Waals surface area contributed by atoms with Gasteiger partial charge in [-0.05, 0) is 17.2 Å². The maximum absolute atomic E-state index is 11.8. The largest absolute Gasteiger partial charge is 0.358 e. The van der Waals surface area contributed by atoms with Crippen LogP contribution in [0.5, 0.6) is 0 Å². The third-order valence-electron chi connectivity index (χ3n) is 3.36. The molecule has 0 atom stereocenters. The van der Waals surface area contributed by atoms with Crippen molar-refractivity contribution < 1.29 is 4.79 Å². The summed E-state index contributed by atoms with van der Waals surface area (Å²) in [5.41, 5.74) is 3.53. The van der Waals surface area contributed by atoms with Crippen LogP contribution in [0.2, 0.25) is 0 Å². The van der Waals surface area contributed by atoms with E-state index in [0.717, 1.165) is 12.2 Å². The Morgan fingerprint density at radius 2 is 1.74 bits per heavy atom. The molecule has 3 nitrogen and oxygen atoms in total. The maximum atomic E-state index is 11.8. The normalized spacial score (nSPS) is 14.5. The second kappa shape index (κ2) is 5.14. The van der Waals surface area contributed by atoms with Gasteiger partial charge in [-0.2, -0.15) is 0 Å². The summed E-state index contributed by atoms with van der Waals surface area (Å²) >= 11 is 0. The van der Waals surface area contributed by atoms with Gasteiger partial charge in [-0.1, -0.05) is 48.5 Å². The van der Waals surface area contributed by atoms with Gasteiger partial charge in [0.15, 0.2) is 0 Å². The number of amides is 1. The minimum atomic E-state index is 0.0760. The Bertz CT molecular complexity index is 580. The lowest BCUT2D eigenvalue weighted by atomic mass is 10.1. The zero-order chi connectivity index (χ0) is 13.1. The predicted octanol–water partition coefficient (Wildman–Crippen LogP) is 2.32. The monoisotopic (exact) mass is 252 g/mol. The molecule has 3 rings (SSSR count). The predicted molar refractivity (Wildman–Crippen MR) is 75.8 cm³/mol. The molecule has 0 aromatic heterocycles. The number of anilines is 1. The summed E-state index contributed by atoms with van der Waals surface area (Å²) in [7, 11) is 0. The minimum Gasteiger partial charge on any atom is -0.358 e. The van der Waals surface area contributed by atoms with E-state index in [9.17, 15) is 4.79 Å². The first kappa shape index (κ1) is 11.8. The Balaban J connectivity index is 1.92. The molecule has 0 saturated carbocycles. The Hall–Kier alpha value is -2.29. The van der Waals surface area contributed by atoms with E-state index in [0.29, 0.717) is 13.1 Å². The van der Waals surface area contributed by atoms with Gasteiger partial charge < -0.3 is 10.2 Å². The molecule has 0 aliphatic carbocycles. The molecule has 0 spiro atoms. The number of nitrogens with one attached hydrogen (secondary N) is 1. The number of rotatable bonds is 2. The molecule has 2 aromatic rings. The van der Waals surface area contributed by atoms with E-state index in [1.807, 2.05) is 30.3 Å². The minimum absolute atomic E-state index is 0.0760. The average molecular weight is 252 g/mol. The van der Waals surface area contributed by atoms with Crippen molar-refractivity contribution >= 4 is 11.6 Å². The molecule has 96 valence electrons. The number of nitrogens with zero attached hydrogens (tertiary/aromatic N) is 1. The molecule has 0 bridgehead atoms. The second-order valence-electron chi connectivity index (χ2n) is 4.75. The Kier molecular flexibility index (Phi) is 3.19. The van der Waals surface area contributed by atoms with Gasteiger partial charge in [-0.25, -0.2) is 0 Å². The molecular weight excluding hydrogens is 236 g/mol. The number of hydrogen-bond acceptors (Lipinski definition) is 2. The van der Waals surface area contributed by atoms with Crippen molar-refractivity contribution in [1.29, 1.82) is 0 Å². The summed E-state index contributed by atoms with van der Waals surface area (Å²) in [4.78, 5) is 13.9. The van der Waals surface area contributed by atoms with E-state index in [4.69, 9.17) is 0 Å². The summed E-state index contributed by atoms with van der Waals surface area (Å²) in [6, 6.07) is 18.4. The first-order chi connectivity index (χ1) is 9.33. The molecule has 0 fully saturated rings. The third kappa shape index (κ3) is 2.60. The molecule has 1 heterocycles. The number of fused-ring (bicyclic) bond motifs is 1. The van der Waals surface area contributed by atoms with Crippen molar-refractivity contribution in [3.63, 3.8) is 0 Å². The van der Waals surface area contributed by atoms with Crippen molar-refractivity contribution in [3.05, 3.63) is 65.7 Å². The van der Waals surface area contributed by atoms with Crippen LogP contribution in [0.4, 0.5) is 5.69 Å². The van der Waals surface area contributed by atoms with Crippen LogP contribution < -0.4 is 10.2 Å². The number of hydrogen-bond donors (Lipinski definition) is 1. The smallest absolute Gasteiger partial charge is 0.239 e. The summed E-state index contributed by atoms with van der Waals surface area (Å²) in [5, 5.41) is 2.94. The van der Waals surface area contributed by atoms with Crippen molar-refractivity contribution in [2.75, 3.05) is 11.4 Å². The molecule has 0 saturated heterocycles. The highest BCUT2D eigenvalue weighted by Gasteiger charge is 2.18. The molecule has 0 radical (unpaired) electrons. The standard InChI is InChI=1S/C16H16N2O/c19-16-12-18(11-13-6-2-1-3-7-13)15-9-5-4-8-14(15)10-17-16/h1-9H,10-12H2,(H,17,19). The Morgan fingerprint density at radius 1 is 1.00 bits per heavy atom. The highest BCUT2D eigenvalue weighted by Crippen LogP contribution is 2.23. The number of benzene rings is 2. The van der Waals surface area contributed by atoms with Crippen molar-refractivity contribution in [3.8, 4) is 0 Å². The summed E-state index contributed by atoms with van der Waals surface area (Å²) in [6.07, 6.45) is 0. The fourth-order valence-corrected chi connectivity index (χ4v) is 2.42. The van der Waals surface area contributed by atoms with E-state index in [-0.39, 0.29) is 5.91 Å². The Morgan fingerprint density at radius 3 is 2.58 bits per heavy atom. The average Bonchev–Trinajstić information content (AvgIpc) is 2.60. The summed E-state index contributed by atoms with van der Waals surface area (Å²) in [5.74, 6) is 0.0760. The van der Waals surface area contributed by atoms with E-state index < -0.39 is 0 Å². The molecule has 19 heavy (non-hydrogen) atoms. The van der Waals surface area contributed by atoms with E-state index >= 15 is 0 Å². The fourth-order valence-electron chi connectivity index (χ4n) is 2.42. The first-order valence-electron chi connectivity index (χ1n) is 6.46. The molecular formula is C16H16N2O. The maximum Gasteiger partial charge on any atom is 0.239 e. The molecule has 1 N–H and O–H groups in total. The zero-order valence-corrected chi connectivity index (χ0v) is 10.7. The quantitative estimate of drug-likeness (QED) is 0.889. The summed E-state index contributed by atoms with van der Waals surface area (Å²) in [6.45, 7) is 1.78. The molecule has 1 aliphatic heterocycles. The number of carbonyl (C=O) groups is 1. The third-order valence-corrected chi connectivity index (χ3v) is 3.36. The van der Waals surface area contributed by atoms with Crippen LogP contribution in [0.3, 0.4) is 0 Å². The van der Waals surface area contributed by atoms with Gasteiger partial charge in [-0.3, -0.25) is 4.79 Å². The summed E-state index contributed by atoms with van der Waals surface area (Å²) < 4.78 is 0. The molecule has 1 aliphatic rings. The van der Waals surface area contributed by atoms with Crippen molar-refractivity contribution in [2.45, 2.75) is 13.1 Å². The number of para-hydroxylation sites is 1. The lowest BCUT2D eigenvalue weighted by molar-refractivity contribution is -0.119. The lowest BCUT2D eigenvalue weighted by Gasteiger charge is -2.23. The van der Waals surface area contributed by atoms with Gasteiger partial charge >= 0.3 is 0 Å². The van der Waals surface area contributed by atoms with Crippen LogP contribution in [-0.2, 0) is 17.9 Å². The molecule has 3 heteroatoms. The molecule has 2 aromatic carbocycles.